The third-order valence-electron chi connectivity index (χ3n) is 3.61. The fourth-order valence-electron chi connectivity index (χ4n) is 2.36. The number of hydrogen-bond acceptors (Lipinski definition) is 2. The largest absolute Gasteiger partial charge is 0.456 e. The van der Waals surface area contributed by atoms with Crippen LogP contribution in [0.15, 0.2) is 48.5 Å². The summed E-state index contributed by atoms with van der Waals surface area (Å²) in [5, 5.41) is 2.71. The van der Waals surface area contributed by atoms with Gasteiger partial charge in [-0.05, 0) is 49.2 Å². The molecule has 0 fully saturated rings. The van der Waals surface area contributed by atoms with Gasteiger partial charge in [0.1, 0.15) is 11.5 Å². The van der Waals surface area contributed by atoms with Gasteiger partial charge in [-0.25, -0.2) is 0 Å². The van der Waals surface area contributed by atoms with Gasteiger partial charge in [0.25, 0.3) is 0 Å². The van der Waals surface area contributed by atoms with Gasteiger partial charge in [0.2, 0.25) is 0 Å². The summed E-state index contributed by atoms with van der Waals surface area (Å²) in [6, 6.07) is 15.6. The standard InChI is InChI=1S/C18H16ClNO/c1-11-10-18(12(2)9-16(11)20)21-17-8-7-15(19)13-5-3-4-6-14(13)17/h3-10H,20H2,1-2H3. The minimum absolute atomic E-state index is 0.725. The fraction of sp³-hybridized carbons (Fsp3) is 0.111. The zero-order chi connectivity index (χ0) is 15.0. The van der Waals surface area contributed by atoms with Crippen LogP contribution in [0.1, 0.15) is 11.1 Å². The summed E-state index contributed by atoms with van der Waals surface area (Å²) >= 11 is 6.24. The van der Waals surface area contributed by atoms with Crippen LogP contribution in [0.4, 0.5) is 5.69 Å². The van der Waals surface area contributed by atoms with Gasteiger partial charge in [-0.2, -0.15) is 0 Å². The van der Waals surface area contributed by atoms with Crippen molar-refractivity contribution in [2.75, 3.05) is 5.73 Å². The van der Waals surface area contributed by atoms with Crippen molar-refractivity contribution in [3.8, 4) is 11.5 Å². The lowest BCUT2D eigenvalue weighted by Crippen LogP contribution is -1.94. The van der Waals surface area contributed by atoms with Gasteiger partial charge in [0.15, 0.2) is 0 Å². The molecular weight excluding hydrogens is 282 g/mol. The summed E-state index contributed by atoms with van der Waals surface area (Å²) in [5.74, 6) is 1.61. The van der Waals surface area contributed by atoms with E-state index in [-0.39, 0.29) is 0 Å². The van der Waals surface area contributed by atoms with Crippen molar-refractivity contribution < 1.29 is 4.74 Å². The SMILES string of the molecule is Cc1cc(Oc2ccc(Cl)c3ccccc23)c(C)cc1N. The van der Waals surface area contributed by atoms with E-state index in [0.29, 0.717) is 0 Å². The Kier molecular flexibility index (Phi) is 3.48. The Bertz CT molecular complexity index is 827. The third kappa shape index (κ3) is 2.55. The Balaban J connectivity index is 2.11. The molecule has 0 radical (unpaired) electrons. The summed E-state index contributed by atoms with van der Waals surface area (Å²) in [4.78, 5) is 0. The highest BCUT2D eigenvalue weighted by atomic mass is 35.5. The number of rotatable bonds is 2. The minimum atomic E-state index is 0.725. The van der Waals surface area contributed by atoms with Crippen LogP contribution in [0.2, 0.25) is 5.02 Å². The number of fused-ring (bicyclic) bond motifs is 1. The molecule has 0 aliphatic rings. The molecule has 0 aliphatic heterocycles. The topological polar surface area (TPSA) is 35.2 Å². The van der Waals surface area contributed by atoms with E-state index in [1.54, 1.807) is 0 Å². The van der Waals surface area contributed by atoms with E-state index in [1.807, 2.05) is 62.4 Å². The summed E-state index contributed by atoms with van der Waals surface area (Å²) in [5.41, 5.74) is 8.72. The number of benzene rings is 3. The molecule has 0 spiro atoms. The van der Waals surface area contributed by atoms with Crippen LogP contribution >= 0.6 is 11.6 Å². The molecule has 0 saturated carbocycles. The monoisotopic (exact) mass is 297 g/mol. The predicted molar refractivity (Wildman–Crippen MR) is 89.4 cm³/mol. The molecule has 0 unspecified atom stereocenters. The van der Waals surface area contributed by atoms with Gasteiger partial charge < -0.3 is 10.5 Å². The molecule has 0 aromatic heterocycles. The normalized spacial score (nSPS) is 10.8. The molecular formula is C18H16ClNO. The lowest BCUT2D eigenvalue weighted by atomic mass is 10.1. The molecule has 3 aromatic carbocycles. The van der Waals surface area contributed by atoms with E-state index in [9.17, 15) is 0 Å². The maximum atomic E-state index is 6.24. The molecule has 106 valence electrons. The van der Waals surface area contributed by atoms with Crippen LogP contribution in [0.3, 0.4) is 0 Å². The van der Waals surface area contributed by atoms with Crippen LogP contribution < -0.4 is 10.5 Å². The molecule has 0 heterocycles. The van der Waals surface area contributed by atoms with E-state index in [0.717, 1.165) is 44.1 Å². The second-order valence-electron chi connectivity index (χ2n) is 5.17. The first kappa shape index (κ1) is 13.8. The summed E-state index contributed by atoms with van der Waals surface area (Å²) < 4.78 is 6.10. The second kappa shape index (κ2) is 5.30. The van der Waals surface area contributed by atoms with Crippen molar-refractivity contribution in [3.63, 3.8) is 0 Å². The Morgan fingerprint density at radius 1 is 0.857 bits per heavy atom. The maximum Gasteiger partial charge on any atom is 0.135 e. The highest BCUT2D eigenvalue weighted by molar-refractivity contribution is 6.35. The Morgan fingerprint density at radius 3 is 2.33 bits per heavy atom. The number of nitrogen functional groups attached to an aromatic ring is 1. The van der Waals surface area contributed by atoms with E-state index in [1.165, 1.54) is 0 Å². The lowest BCUT2D eigenvalue weighted by Gasteiger charge is -2.13. The van der Waals surface area contributed by atoms with Gasteiger partial charge in [-0.15, -0.1) is 0 Å². The second-order valence-corrected chi connectivity index (χ2v) is 5.57. The van der Waals surface area contributed by atoms with Crippen molar-refractivity contribution >= 4 is 28.1 Å². The average Bonchev–Trinajstić information content (AvgIpc) is 2.48. The van der Waals surface area contributed by atoms with Gasteiger partial charge in [0.05, 0.1) is 0 Å². The fourth-order valence-corrected chi connectivity index (χ4v) is 2.59. The Labute approximate surface area is 129 Å². The first-order chi connectivity index (χ1) is 10.1. The molecule has 2 N–H and O–H groups in total. The van der Waals surface area contributed by atoms with Crippen molar-refractivity contribution in [1.82, 2.24) is 0 Å². The lowest BCUT2D eigenvalue weighted by molar-refractivity contribution is 0.484. The minimum Gasteiger partial charge on any atom is -0.456 e. The van der Waals surface area contributed by atoms with E-state index in [4.69, 9.17) is 22.1 Å². The van der Waals surface area contributed by atoms with Crippen LogP contribution in [0.25, 0.3) is 10.8 Å². The molecule has 0 amide bonds. The molecule has 0 saturated heterocycles. The predicted octanol–water partition coefficient (Wildman–Crippen LogP) is 5.48. The van der Waals surface area contributed by atoms with Crippen LogP contribution in [0.5, 0.6) is 11.5 Å². The molecule has 3 rings (SSSR count). The van der Waals surface area contributed by atoms with Crippen LogP contribution in [-0.2, 0) is 0 Å². The third-order valence-corrected chi connectivity index (χ3v) is 3.94. The Hall–Kier alpha value is -2.19. The summed E-state index contributed by atoms with van der Waals surface area (Å²) in [6.45, 7) is 3.96. The van der Waals surface area contributed by atoms with Crippen molar-refractivity contribution in [3.05, 3.63) is 64.7 Å². The molecule has 0 aliphatic carbocycles. The highest BCUT2D eigenvalue weighted by Gasteiger charge is 2.09. The Morgan fingerprint density at radius 2 is 1.57 bits per heavy atom. The number of aryl methyl sites for hydroxylation is 2. The van der Waals surface area contributed by atoms with Crippen LogP contribution in [-0.4, -0.2) is 0 Å². The molecule has 0 bridgehead atoms. The summed E-state index contributed by atoms with van der Waals surface area (Å²) in [6.07, 6.45) is 0. The zero-order valence-electron chi connectivity index (χ0n) is 12.0. The van der Waals surface area contributed by atoms with E-state index >= 15 is 0 Å². The number of anilines is 1. The smallest absolute Gasteiger partial charge is 0.135 e. The zero-order valence-corrected chi connectivity index (χ0v) is 12.7. The first-order valence-corrected chi connectivity index (χ1v) is 7.16. The molecule has 0 atom stereocenters. The van der Waals surface area contributed by atoms with E-state index in [2.05, 4.69) is 0 Å². The summed E-state index contributed by atoms with van der Waals surface area (Å²) in [7, 11) is 0. The van der Waals surface area contributed by atoms with Gasteiger partial charge in [-0.3, -0.25) is 0 Å². The molecule has 21 heavy (non-hydrogen) atoms. The quantitative estimate of drug-likeness (QED) is 0.635. The number of nitrogens with two attached hydrogens (primary N) is 1. The molecule has 3 heteroatoms. The van der Waals surface area contributed by atoms with E-state index < -0.39 is 0 Å². The molecule has 3 aromatic rings. The first-order valence-electron chi connectivity index (χ1n) is 6.78. The average molecular weight is 298 g/mol. The molecule has 2 nitrogen and oxygen atoms in total. The van der Waals surface area contributed by atoms with Gasteiger partial charge in [-0.1, -0.05) is 35.9 Å². The number of hydrogen-bond donors (Lipinski definition) is 1. The highest BCUT2D eigenvalue weighted by Crippen LogP contribution is 2.36. The van der Waals surface area contributed by atoms with Crippen LogP contribution in [0, 0.1) is 13.8 Å². The van der Waals surface area contributed by atoms with Gasteiger partial charge in [0, 0.05) is 21.5 Å². The maximum absolute atomic E-state index is 6.24. The number of ether oxygens (including phenoxy) is 1. The van der Waals surface area contributed by atoms with Crippen molar-refractivity contribution in [1.29, 1.82) is 0 Å². The number of halogens is 1. The van der Waals surface area contributed by atoms with Gasteiger partial charge >= 0.3 is 0 Å². The van der Waals surface area contributed by atoms with Crippen molar-refractivity contribution in [2.24, 2.45) is 0 Å². The van der Waals surface area contributed by atoms with Crippen molar-refractivity contribution in [2.45, 2.75) is 13.8 Å².